The summed E-state index contributed by atoms with van der Waals surface area (Å²) in [4.78, 5) is 47.1. The monoisotopic (exact) mass is 438 g/mol. The quantitative estimate of drug-likeness (QED) is 0.246. The van der Waals surface area contributed by atoms with Crippen LogP contribution < -0.4 is 5.32 Å². The predicted molar refractivity (Wildman–Crippen MR) is 117 cm³/mol. The lowest BCUT2D eigenvalue weighted by Crippen LogP contribution is -2.45. The first-order valence-electron chi connectivity index (χ1n) is 9.69. The van der Waals surface area contributed by atoms with Gasteiger partial charge in [0.05, 0.1) is 11.1 Å². The molecule has 0 spiro atoms. The Morgan fingerprint density at radius 3 is 2.06 bits per heavy atom. The second-order valence-corrected chi connectivity index (χ2v) is 7.29. The average molecular weight is 439 g/mol. The Labute approximate surface area is 185 Å². The molecule has 2 aromatic rings. The van der Waals surface area contributed by atoms with E-state index in [1.165, 1.54) is 4.90 Å². The van der Waals surface area contributed by atoms with E-state index >= 15 is 0 Å². The Bertz CT molecular complexity index is 1020. The number of esters is 1. The van der Waals surface area contributed by atoms with E-state index in [-0.39, 0.29) is 24.3 Å². The highest BCUT2D eigenvalue weighted by atomic mass is 32.1. The molecule has 2 heterocycles. The molecule has 7 nitrogen and oxygen atoms in total. The van der Waals surface area contributed by atoms with Gasteiger partial charge in [0.1, 0.15) is 12.3 Å². The van der Waals surface area contributed by atoms with Gasteiger partial charge in [-0.1, -0.05) is 42.5 Å². The minimum atomic E-state index is -0.464. The van der Waals surface area contributed by atoms with E-state index < -0.39 is 5.97 Å². The Morgan fingerprint density at radius 1 is 1.00 bits per heavy atom. The predicted octanol–water partition coefficient (Wildman–Crippen LogP) is 2.74. The van der Waals surface area contributed by atoms with E-state index in [0.717, 1.165) is 11.1 Å². The molecule has 0 radical (unpaired) electrons. The van der Waals surface area contributed by atoms with Crippen LogP contribution in [0.3, 0.4) is 0 Å². The minimum Gasteiger partial charge on any atom is -0.456 e. The molecule has 0 bridgehead atoms. The van der Waals surface area contributed by atoms with Crippen molar-refractivity contribution in [3.63, 3.8) is 0 Å². The lowest BCUT2D eigenvalue weighted by molar-refractivity contribution is -0.149. The van der Waals surface area contributed by atoms with E-state index in [2.05, 4.69) is 17.9 Å². The number of likely N-dealkylation sites (tertiary alicyclic amines) is 1. The number of carbonyl (C=O) groups is 4. The number of imide groups is 1. The number of nitrogens with one attached hydrogen (secondary N) is 1. The summed E-state index contributed by atoms with van der Waals surface area (Å²) in [5.41, 5.74) is 2.94. The highest BCUT2D eigenvalue weighted by Gasteiger charge is 2.33. The van der Waals surface area contributed by atoms with Crippen molar-refractivity contribution in [2.75, 3.05) is 12.3 Å². The number of fused-ring (bicyclic) bond motifs is 1. The maximum absolute atomic E-state index is 12.2. The number of benzene rings is 2. The van der Waals surface area contributed by atoms with E-state index in [4.69, 9.17) is 4.74 Å². The normalized spacial score (nSPS) is 15.2. The zero-order valence-electron chi connectivity index (χ0n) is 17.0. The highest BCUT2D eigenvalue weighted by Crippen LogP contribution is 2.22. The summed E-state index contributed by atoms with van der Waals surface area (Å²) in [6.07, 6.45) is 0.481. The number of β-lactam (4-membered cyclic amide) rings is 1. The molecular formula is C23H22N2O5S. The maximum Gasteiger partial charge on any atom is 0.355 e. The summed E-state index contributed by atoms with van der Waals surface area (Å²) in [5.74, 6) is -0.693. The van der Waals surface area contributed by atoms with E-state index in [1.54, 1.807) is 31.2 Å². The Balaban J connectivity index is 0.000000207. The van der Waals surface area contributed by atoms with Gasteiger partial charge in [-0.25, -0.2) is 4.79 Å². The first kappa shape index (κ1) is 22.3. The summed E-state index contributed by atoms with van der Waals surface area (Å²) >= 11 is 4.17. The second kappa shape index (κ2) is 10.1. The van der Waals surface area contributed by atoms with Gasteiger partial charge < -0.3 is 9.64 Å². The maximum atomic E-state index is 12.2. The summed E-state index contributed by atoms with van der Waals surface area (Å²) in [6, 6.07) is 16.2. The molecule has 0 saturated carbocycles. The summed E-state index contributed by atoms with van der Waals surface area (Å²) in [7, 11) is 0. The SMILES string of the molecule is C/C(CS)=C(\C(=O)OCc1ccccc1)N1CCC1=O.O=C1NC(=O)c2ccccc21. The van der Waals surface area contributed by atoms with Gasteiger partial charge in [-0.3, -0.25) is 19.7 Å². The van der Waals surface area contributed by atoms with Crippen LogP contribution in [0.1, 0.15) is 39.6 Å². The van der Waals surface area contributed by atoms with Crippen LogP contribution in [-0.2, 0) is 20.9 Å². The van der Waals surface area contributed by atoms with Crippen LogP contribution in [0.2, 0.25) is 0 Å². The zero-order valence-corrected chi connectivity index (χ0v) is 17.9. The van der Waals surface area contributed by atoms with Gasteiger partial charge >= 0.3 is 5.97 Å². The summed E-state index contributed by atoms with van der Waals surface area (Å²) < 4.78 is 5.29. The Hall–Kier alpha value is -3.39. The molecule has 2 aliphatic rings. The van der Waals surface area contributed by atoms with Crippen molar-refractivity contribution in [3.8, 4) is 0 Å². The Kier molecular flexibility index (Phi) is 7.25. The van der Waals surface area contributed by atoms with Crippen molar-refractivity contribution in [1.82, 2.24) is 10.2 Å². The van der Waals surface area contributed by atoms with Gasteiger partial charge in [0.15, 0.2) is 0 Å². The fraction of sp³-hybridized carbons (Fsp3) is 0.217. The van der Waals surface area contributed by atoms with Crippen LogP contribution in [0, 0.1) is 0 Å². The molecule has 31 heavy (non-hydrogen) atoms. The highest BCUT2D eigenvalue weighted by molar-refractivity contribution is 7.80. The largest absolute Gasteiger partial charge is 0.456 e. The minimum absolute atomic E-state index is 0.0437. The number of hydrogen-bond donors (Lipinski definition) is 2. The lowest BCUT2D eigenvalue weighted by Gasteiger charge is -2.32. The topological polar surface area (TPSA) is 92.8 Å². The molecule has 0 aromatic heterocycles. The van der Waals surface area contributed by atoms with Crippen molar-refractivity contribution < 1.29 is 23.9 Å². The van der Waals surface area contributed by atoms with Gasteiger partial charge in [0.2, 0.25) is 5.91 Å². The molecular weight excluding hydrogens is 416 g/mol. The molecule has 4 rings (SSSR count). The number of hydrogen-bond acceptors (Lipinski definition) is 6. The second-order valence-electron chi connectivity index (χ2n) is 6.97. The molecule has 0 aliphatic carbocycles. The van der Waals surface area contributed by atoms with Crippen LogP contribution in [-0.4, -0.2) is 40.9 Å². The standard InChI is InChI=1S/C15H17NO3S.C8H5NO2/c1-11(10-20)14(16-8-7-13(16)17)15(18)19-9-12-5-3-2-4-6-12;10-7-5-3-1-2-4-6(5)8(11)9-7/h2-6,20H,7-10H2,1H3;1-4H,(H,9,10,11)/b14-11-;. The van der Waals surface area contributed by atoms with Crippen molar-refractivity contribution in [3.05, 3.63) is 82.6 Å². The van der Waals surface area contributed by atoms with Gasteiger partial charge in [-0.15, -0.1) is 0 Å². The number of nitrogens with zero attached hydrogens (tertiary/aromatic N) is 1. The molecule has 0 unspecified atom stereocenters. The van der Waals surface area contributed by atoms with Crippen LogP contribution >= 0.6 is 12.6 Å². The lowest BCUT2D eigenvalue weighted by atomic mass is 10.1. The number of amides is 3. The third-order valence-corrected chi connectivity index (χ3v) is 5.29. The third kappa shape index (κ3) is 5.21. The van der Waals surface area contributed by atoms with E-state index in [0.29, 0.717) is 35.5 Å². The Morgan fingerprint density at radius 2 is 1.58 bits per heavy atom. The molecule has 2 aromatic carbocycles. The van der Waals surface area contributed by atoms with Gasteiger partial charge in [-0.05, 0) is 30.2 Å². The molecule has 1 saturated heterocycles. The summed E-state index contributed by atoms with van der Waals surface area (Å²) in [5, 5.41) is 2.20. The number of ether oxygens (including phenoxy) is 1. The van der Waals surface area contributed by atoms with Crippen LogP contribution in [0.15, 0.2) is 65.9 Å². The van der Waals surface area contributed by atoms with Gasteiger partial charge in [-0.2, -0.15) is 12.6 Å². The fourth-order valence-electron chi connectivity index (χ4n) is 3.05. The van der Waals surface area contributed by atoms with Crippen molar-refractivity contribution in [2.24, 2.45) is 0 Å². The zero-order chi connectivity index (χ0) is 22.4. The van der Waals surface area contributed by atoms with Crippen molar-refractivity contribution in [2.45, 2.75) is 20.0 Å². The molecule has 1 fully saturated rings. The average Bonchev–Trinajstić information content (AvgIpc) is 3.09. The number of thiol groups is 1. The van der Waals surface area contributed by atoms with Gasteiger partial charge in [0, 0.05) is 18.7 Å². The molecule has 8 heteroatoms. The third-order valence-electron chi connectivity index (χ3n) is 4.81. The van der Waals surface area contributed by atoms with Gasteiger partial charge in [0.25, 0.3) is 11.8 Å². The van der Waals surface area contributed by atoms with Crippen molar-refractivity contribution >= 4 is 36.3 Å². The summed E-state index contributed by atoms with van der Waals surface area (Å²) in [6.45, 7) is 2.56. The number of rotatable bonds is 5. The van der Waals surface area contributed by atoms with E-state index in [9.17, 15) is 19.2 Å². The van der Waals surface area contributed by atoms with Crippen LogP contribution in [0.4, 0.5) is 0 Å². The number of carbonyl (C=O) groups excluding carboxylic acids is 4. The smallest absolute Gasteiger partial charge is 0.355 e. The molecule has 0 atom stereocenters. The first-order valence-corrected chi connectivity index (χ1v) is 10.3. The fourth-order valence-corrected chi connectivity index (χ4v) is 3.20. The molecule has 3 amide bonds. The van der Waals surface area contributed by atoms with Crippen LogP contribution in [0.25, 0.3) is 0 Å². The molecule has 1 N–H and O–H groups in total. The van der Waals surface area contributed by atoms with Crippen molar-refractivity contribution in [1.29, 1.82) is 0 Å². The van der Waals surface area contributed by atoms with E-state index in [1.807, 2.05) is 30.3 Å². The molecule has 2 aliphatic heterocycles. The first-order chi connectivity index (χ1) is 14.9. The molecule has 160 valence electrons. The van der Waals surface area contributed by atoms with Crippen LogP contribution in [0.5, 0.6) is 0 Å².